The minimum atomic E-state index is -0.794. The van der Waals surface area contributed by atoms with Crippen LogP contribution in [0, 0.1) is 0 Å². The van der Waals surface area contributed by atoms with Crippen molar-refractivity contribution in [3.8, 4) is 11.5 Å². The summed E-state index contributed by atoms with van der Waals surface area (Å²) < 4.78 is 16.0. The summed E-state index contributed by atoms with van der Waals surface area (Å²) in [5.41, 5.74) is 0.245. The van der Waals surface area contributed by atoms with Gasteiger partial charge in [0.2, 0.25) is 0 Å². The Morgan fingerprint density at radius 1 is 1.21 bits per heavy atom. The second-order valence-electron chi connectivity index (χ2n) is 6.43. The molecule has 3 rings (SSSR count). The summed E-state index contributed by atoms with van der Waals surface area (Å²) in [6.07, 6.45) is 3.06. The first kappa shape index (κ1) is 19.5. The summed E-state index contributed by atoms with van der Waals surface area (Å²) in [4.78, 5) is 27.0. The molecule has 148 valence electrons. The van der Waals surface area contributed by atoms with Crippen LogP contribution in [-0.2, 0) is 9.59 Å². The number of Topliss-reactive ketones (excluding diaryl/α,β-unsaturated/α-hetero) is 1. The average Bonchev–Trinajstić information content (AvgIpc) is 3.33. The number of furan rings is 1. The van der Waals surface area contributed by atoms with Crippen molar-refractivity contribution in [3.05, 3.63) is 53.5 Å². The van der Waals surface area contributed by atoms with Gasteiger partial charge in [-0.1, -0.05) is 13.3 Å². The summed E-state index contributed by atoms with van der Waals surface area (Å²) in [7, 11) is 2.96. The lowest BCUT2D eigenvalue weighted by Gasteiger charge is -2.23. The second kappa shape index (κ2) is 8.21. The molecule has 28 heavy (non-hydrogen) atoms. The Balaban J connectivity index is 2.19. The molecule has 1 aromatic carbocycles. The van der Waals surface area contributed by atoms with Crippen molar-refractivity contribution >= 4 is 17.4 Å². The van der Waals surface area contributed by atoms with E-state index in [2.05, 4.69) is 0 Å². The molecule has 1 N–H and O–H groups in total. The lowest BCUT2D eigenvalue weighted by molar-refractivity contribution is -0.140. The van der Waals surface area contributed by atoms with Gasteiger partial charge in [0.05, 0.1) is 31.6 Å². The molecule has 1 aromatic heterocycles. The number of carbonyl (C=O) groups is 2. The van der Waals surface area contributed by atoms with Gasteiger partial charge in [-0.25, -0.2) is 0 Å². The number of ketones is 1. The molecule has 7 heteroatoms. The molecule has 1 fully saturated rings. The van der Waals surface area contributed by atoms with Crippen molar-refractivity contribution in [2.45, 2.75) is 25.8 Å². The Morgan fingerprint density at radius 2 is 2.00 bits per heavy atom. The van der Waals surface area contributed by atoms with Gasteiger partial charge >= 0.3 is 0 Å². The number of aliphatic hydroxyl groups is 1. The summed E-state index contributed by atoms with van der Waals surface area (Å²) in [5.74, 6) is -0.472. The fourth-order valence-corrected chi connectivity index (χ4v) is 3.33. The summed E-state index contributed by atoms with van der Waals surface area (Å²) in [5, 5.41) is 11.1. The molecule has 0 radical (unpaired) electrons. The van der Waals surface area contributed by atoms with Gasteiger partial charge in [-0.15, -0.1) is 0 Å². The molecular formula is C21H23NO6. The van der Waals surface area contributed by atoms with Gasteiger partial charge in [0, 0.05) is 6.54 Å². The Labute approximate surface area is 163 Å². The normalized spacial score (nSPS) is 18.5. The van der Waals surface area contributed by atoms with Crippen molar-refractivity contribution in [2.24, 2.45) is 0 Å². The van der Waals surface area contributed by atoms with Gasteiger partial charge in [0.1, 0.15) is 29.1 Å². The molecule has 0 aliphatic carbocycles. The predicted octanol–water partition coefficient (Wildman–Crippen LogP) is 3.52. The SMILES string of the molecule is CCCCN1C(=O)C(=O)/C(=C(\O)c2cc(OC)ccc2OC)C1c1ccco1. The van der Waals surface area contributed by atoms with E-state index < -0.39 is 17.7 Å². The molecular weight excluding hydrogens is 362 g/mol. The number of methoxy groups -OCH3 is 2. The number of hydrogen-bond acceptors (Lipinski definition) is 6. The van der Waals surface area contributed by atoms with Gasteiger partial charge < -0.3 is 23.9 Å². The number of hydrogen-bond donors (Lipinski definition) is 1. The van der Waals surface area contributed by atoms with E-state index in [9.17, 15) is 14.7 Å². The zero-order chi connectivity index (χ0) is 20.3. The van der Waals surface area contributed by atoms with Crippen LogP contribution in [0.25, 0.3) is 5.76 Å². The average molecular weight is 385 g/mol. The number of rotatable bonds is 7. The Bertz CT molecular complexity index is 900. The van der Waals surface area contributed by atoms with Crippen LogP contribution in [0.2, 0.25) is 0 Å². The van der Waals surface area contributed by atoms with E-state index in [1.54, 1.807) is 30.3 Å². The monoisotopic (exact) mass is 385 g/mol. The third-order valence-corrected chi connectivity index (χ3v) is 4.77. The van der Waals surface area contributed by atoms with Crippen LogP contribution in [0.15, 0.2) is 46.6 Å². The van der Waals surface area contributed by atoms with Crippen LogP contribution in [-0.4, -0.2) is 42.5 Å². The van der Waals surface area contributed by atoms with Crippen LogP contribution < -0.4 is 9.47 Å². The Hall–Kier alpha value is -3.22. The molecule has 1 amide bonds. The molecule has 1 saturated heterocycles. The van der Waals surface area contributed by atoms with Crippen LogP contribution in [0.1, 0.15) is 37.1 Å². The molecule has 1 atom stereocenters. The van der Waals surface area contributed by atoms with E-state index in [1.807, 2.05) is 6.92 Å². The van der Waals surface area contributed by atoms with Crippen molar-refractivity contribution in [1.29, 1.82) is 0 Å². The summed E-state index contributed by atoms with van der Waals surface area (Å²) in [6, 6.07) is 7.44. The van der Waals surface area contributed by atoms with Crippen molar-refractivity contribution in [2.75, 3.05) is 20.8 Å². The number of amides is 1. The Kier molecular flexibility index (Phi) is 5.73. The van der Waals surface area contributed by atoms with Gasteiger partial charge in [-0.3, -0.25) is 9.59 Å². The third kappa shape index (κ3) is 3.35. The smallest absolute Gasteiger partial charge is 0.295 e. The molecule has 1 aliphatic rings. The first-order valence-electron chi connectivity index (χ1n) is 9.07. The largest absolute Gasteiger partial charge is 0.507 e. The van der Waals surface area contributed by atoms with E-state index in [-0.39, 0.29) is 16.9 Å². The van der Waals surface area contributed by atoms with Crippen LogP contribution in [0.3, 0.4) is 0 Å². The van der Waals surface area contributed by atoms with E-state index in [0.29, 0.717) is 23.8 Å². The van der Waals surface area contributed by atoms with Crippen LogP contribution >= 0.6 is 0 Å². The van der Waals surface area contributed by atoms with Crippen molar-refractivity contribution in [3.63, 3.8) is 0 Å². The zero-order valence-electron chi connectivity index (χ0n) is 16.1. The van der Waals surface area contributed by atoms with Gasteiger partial charge in [-0.2, -0.15) is 0 Å². The minimum absolute atomic E-state index is 0.0254. The fraction of sp³-hybridized carbons (Fsp3) is 0.333. The number of carbonyl (C=O) groups excluding carboxylic acids is 2. The fourth-order valence-electron chi connectivity index (χ4n) is 3.33. The quantitative estimate of drug-likeness (QED) is 0.446. The molecule has 0 saturated carbocycles. The number of unbranched alkanes of at least 4 members (excludes halogenated alkanes) is 1. The molecule has 1 unspecified atom stereocenters. The van der Waals surface area contributed by atoms with Gasteiger partial charge in [0.25, 0.3) is 11.7 Å². The zero-order valence-corrected chi connectivity index (χ0v) is 16.1. The molecule has 0 bridgehead atoms. The molecule has 7 nitrogen and oxygen atoms in total. The third-order valence-electron chi connectivity index (χ3n) is 4.77. The standard InChI is InChI=1S/C21H23NO6/c1-4-5-10-22-18(16-7-6-11-28-16)17(20(24)21(22)25)19(23)14-12-13(26-2)8-9-15(14)27-3/h6-9,11-12,18,23H,4-5,10H2,1-3H3/b19-17-. The molecule has 1 aliphatic heterocycles. The lowest BCUT2D eigenvalue weighted by Crippen LogP contribution is -2.30. The minimum Gasteiger partial charge on any atom is -0.507 e. The van der Waals surface area contributed by atoms with Crippen molar-refractivity contribution in [1.82, 2.24) is 4.90 Å². The van der Waals surface area contributed by atoms with Gasteiger partial charge in [-0.05, 0) is 36.8 Å². The number of aliphatic hydroxyl groups excluding tert-OH is 1. The number of likely N-dealkylation sites (tertiary alicyclic amines) is 1. The second-order valence-corrected chi connectivity index (χ2v) is 6.43. The molecule has 2 aromatic rings. The van der Waals surface area contributed by atoms with Crippen molar-refractivity contribution < 1.29 is 28.6 Å². The topological polar surface area (TPSA) is 89.2 Å². The first-order chi connectivity index (χ1) is 13.5. The molecule has 0 spiro atoms. The maximum Gasteiger partial charge on any atom is 0.295 e. The van der Waals surface area contributed by atoms with Gasteiger partial charge in [0.15, 0.2) is 0 Å². The highest BCUT2D eigenvalue weighted by molar-refractivity contribution is 6.46. The highest BCUT2D eigenvalue weighted by Crippen LogP contribution is 2.41. The van der Waals surface area contributed by atoms with E-state index >= 15 is 0 Å². The Morgan fingerprint density at radius 3 is 2.61 bits per heavy atom. The van der Waals surface area contributed by atoms with Crippen LogP contribution in [0.4, 0.5) is 0 Å². The first-order valence-corrected chi connectivity index (χ1v) is 9.07. The number of benzene rings is 1. The molecule has 2 heterocycles. The lowest BCUT2D eigenvalue weighted by atomic mass is 9.98. The van der Waals surface area contributed by atoms with E-state index in [4.69, 9.17) is 13.9 Å². The highest BCUT2D eigenvalue weighted by Gasteiger charge is 2.47. The van der Waals surface area contributed by atoms with Crippen LogP contribution in [0.5, 0.6) is 11.5 Å². The predicted molar refractivity (Wildman–Crippen MR) is 102 cm³/mol. The number of nitrogens with zero attached hydrogens (tertiary/aromatic N) is 1. The maximum atomic E-state index is 12.8. The summed E-state index contributed by atoms with van der Waals surface area (Å²) in [6.45, 7) is 2.39. The summed E-state index contributed by atoms with van der Waals surface area (Å²) >= 11 is 0. The van der Waals surface area contributed by atoms with E-state index in [0.717, 1.165) is 12.8 Å². The van der Waals surface area contributed by atoms with E-state index in [1.165, 1.54) is 25.4 Å². The highest BCUT2D eigenvalue weighted by atomic mass is 16.5. The maximum absolute atomic E-state index is 12.8. The number of ether oxygens (including phenoxy) is 2.